The van der Waals surface area contributed by atoms with E-state index in [0.717, 1.165) is 0 Å². The lowest BCUT2D eigenvalue weighted by Crippen LogP contribution is -2.17. The molecule has 0 aliphatic carbocycles. The molecule has 0 atom stereocenters. The Morgan fingerprint density at radius 3 is 2.47 bits per heavy atom. The van der Waals surface area contributed by atoms with E-state index in [1.165, 1.54) is 26.0 Å². The predicted molar refractivity (Wildman–Crippen MR) is 80.9 cm³/mol. The number of carbonyl (C=O) groups excluding carboxylic acids is 1. The first-order chi connectivity index (χ1) is 9.05. The Balaban J connectivity index is 2.43. The highest BCUT2D eigenvalue weighted by Crippen LogP contribution is 2.35. The summed E-state index contributed by atoms with van der Waals surface area (Å²) in [5.74, 6) is 0.860. The van der Waals surface area contributed by atoms with Gasteiger partial charge in [-0.2, -0.15) is 0 Å². The van der Waals surface area contributed by atoms with Crippen LogP contribution >= 0.6 is 35.6 Å². The minimum absolute atomic E-state index is 0.221. The molecule has 0 radical (unpaired) electrons. The lowest BCUT2D eigenvalue weighted by molar-refractivity contribution is -0.115. The third-order valence-corrected chi connectivity index (χ3v) is 3.92. The highest BCUT2D eigenvalue weighted by Gasteiger charge is 2.22. The second-order valence-electron chi connectivity index (χ2n) is 3.58. The molecule has 1 aromatic rings. The molecular weight excluding hydrogens is 306 g/mol. The molecule has 19 heavy (non-hydrogen) atoms. The first-order valence-corrected chi connectivity index (χ1v) is 6.81. The number of carbonyl (C=O) groups is 1. The Hall–Kier alpha value is -1.24. The molecule has 1 aromatic carbocycles. The molecule has 4 nitrogen and oxygen atoms in total. The third-order valence-electron chi connectivity index (χ3n) is 2.43. The van der Waals surface area contributed by atoms with Gasteiger partial charge in [0.05, 0.1) is 24.1 Å². The van der Waals surface area contributed by atoms with Crippen molar-refractivity contribution in [1.29, 1.82) is 0 Å². The van der Waals surface area contributed by atoms with Gasteiger partial charge in [-0.15, -0.1) is 0 Å². The topological polar surface area (TPSA) is 47.6 Å². The van der Waals surface area contributed by atoms with Crippen molar-refractivity contribution in [1.82, 2.24) is 5.32 Å². The van der Waals surface area contributed by atoms with Gasteiger partial charge in [0, 0.05) is 6.07 Å². The molecule has 0 unspecified atom stereocenters. The fraction of sp³-hybridized carbons (Fsp3) is 0.167. The Morgan fingerprint density at radius 1 is 1.32 bits per heavy atom. The van der Waals surface area contributed by atoms with Crippen LogP contribution in [0.15, 0.2) is 17.0 Å². The number of thioether (sulfide) groups is 1. The van der Waals surface area contributed by atoms with Gasteiger partial charge in [0.25, 0.3) is 5.91 Å². The van der Waals surface area contributed by atoms with E-state index in [1.54, 1.807) is 18.2 Å². The summed E-state index contributed by atoms with van der Waals surface area (Å²) >= 11 is 12.3. The second kappa shape index (κ2) is 5.81. The normalized spacial score (nSPS) is 16.7. The molecule has 1 amide bonds. The van der Waals surface area contributed by atoms with Crippen molar-refractivity contribution in [3.8, 4) is 11.5 Å². The van der Waals surface area contributed by atoms with Gasteiger partial charge in [-0.25, -0.2) is 0 Å². The highest BCUT2D eigenvalue weighted by molar-refractivity contribution is 8.26. The zero-order chi connectivity index (χ0) is 14.0. The van der Waals surface area contributed by atoms with E-state index in [-0.39, 0.29) is 5.91 Å². The zero-order valence-electron chi connectivity index (χ0n) is 10.2. The van der Waals surface area contributed by atoms with Crippen LogP contribution < -0.4 is 14.8 Å². The number of amides is 1. The maximum Gasteiger partial charge on any atom is 0.263 e. The molecule has 1 aliphatic heterocycles. The van der Waals surface area contributed by atoms with Crippen LogP contribution in [-0.4, -0.2) is 24.4 Å². The monoisotopic (exact) mass is 315 g/mol. The van der Waals surface area contributed by atoms with Gasteiger partial charge in [-0.1, -0.05) is 35.6 Å². The summed E-state index contributed by atoms with van der Waals surface area (Å²) in [7, 11) is 3.07. The molecule has 0 bridgehead atoms. The van der Waals surface area contributed by atoms with E-state index >= 15 is 0 Å². The van der Waals surface area contributed by atoms with E-state index in [9.17, 15) is 4.79 Å². The predicted octanol–water partition coefficient (Wildman–Crippen LogP) is 2.85. The molecule has 0 saturated carbocycles. The van der Waals surface area contributed by atoms with Crippen LogP contribution in [0.2, 0.25) is 5.02 Å². The van der Waals surface area contributed by atoms with E-state index in [0.29, 0.717) is 31.3 Å². The Morgan fingerprint density at radius 2 is 1.95 bits per heavy atom. The van der Waals surface area contributed by atoms with Crippen LogP contribution in [-0.2, 0) is 4.79 Å². The third kappa shape index (κ3) is 3.02. The van der Waals surface area contributed by atoms with Crippen LogP contribution in [0.4, 0.5) is 0 Å². The SMILES string of the molecule is COc1cc(Cl)c(/C=C2\SC(=S)NC2=O)cc1OC. The number of rotatable bonds is 3. The van der Waals surface area contributed by atoms with Gasteiger partial charge < -0.3 is 14.8 Å². The molecule has 1 saturated heterocycles. The van der Waals surface area contributed by atoms with Crippen LogP contribution in [0, 0.1) is 0 Å². The molecule has 1 heterocycles. The van der Waals surface area contributed by atoms with Crippen molar-refractivity contribution in [2.45, 2.75) is 0 Å². The average Bonchev–Trinajstić information content (AvgIpc) is 2.69. The number of methoxy groups -OCH3 is 2. The lowest BCUT2D eigenvalue weighted by Gasteiger charge is -2.09. The average molecular weight is 316 g/mol. The van der Waals surface area contributed by atoms with Crippen molar-refractivity contribution < 1.29 is 14.3 Å². The van der Waals surface area contributed by atoms with Gasteiger partial charge in [-0.05, 0) is 17.7 Å². The quantitative estimate of drug-likeness (QED) is 0.686. The van der Waals surface area contributed by atoms with Crippen molar-refractivity contribution >= 4 is 51.9 Å². The summed E-state index contributed by atoms with van der Waals surface area (Å²) in [6.45, 7) is 0. The molecule has 2 rings (SSSR count). The number of hydrogen-bond acceptors (Lipinski definition) is 5. The van der Waals surface area contributed by atoms with Crippen molar-refractivity contribution in [2.24, 2.45) is 0 Å². The summed E-state index contributed by atoms with van der Waals surface area (Å²) in [5, 5.41) is 3.01. The van der Waals surface area contributed by atoms with Crippen LogP contribution in [0.3, 0.4) is 0 Å². The Labute approximate surface area is 125 Å². The van der Waals surface area contributed by atoms with Crippen LogP contribution in [0.1, 0.15) is 5.56 Å². The first kappa shape index (κ1) is 14.2. The van der Waals surface area contributed by atoms with E-state index < -0.39 is 0 Å². The number of halogens is 1. The fourth-order valence-corrected chi connectivity index (χ4v) is 2.79. The smallest absolute Gasteiger partial charge is 0.263 e. The van der Waals surface area contributed by atoms with E-state index in [2.05, 4.69) is 5.32 Å². The van der Waals surface area contributed by atoms with Gasteiger partial charge in [-0.3, -0.25) is 4.79 Å². The molecule has 1 aliphatic rings. The molecule has 100 valence electrons. The van der Waals surface area contributed by atoms with Gasteiger partial charge in [0.2, 0.25) is 0 Å². The zero-order valence-corrected chi connectivity index (χ0v) is 12.5. The van der Waals surface area contributed by atoms with Crippen molar-refractivity contribution in [2.75, 3.05) is 14.2 Å². The number of ether oxygens (including phenoxy) is 2. The minimum Gasteiger partial charge on any atom is -0.493 e. The Bertz CT molecular complexity index is 587. The largest absolute Gasteiger partial charge is 0.493 e. The lowest BCUT2D eigenvalue weighted by atomic mass is 10.2. The summed E-state index contributed by atoms with van der Waals surface area (Å²) in [6.07, 6.45) is 1.67. The van der Waals surface area contributed by atoms with Crippen molar-refractivity contribution in [3.63, 3.8) is 0 Å². The maximum atomic E-state index is 11.6. The van der Waals surface area contributed by atoms with Crippen LogP contribution in [0.25, 0.3) is 6.08 Å². The molecule has 0 spiro atoms. The Kier molecular flexibility index (Phi) is 4.34. The van der Waals surface area contributed by atoms with Gasteiger partial charge in [0.1, 0.15) is 4.32 Å². The summed E-state index contributed by atoms with van der Waals surface area (Å²) in [4.78, 5) is 12.1. The molecule has 1 fully saturated rings. The van der Waals surface area contributed by atoms with Crippen LogP contribution in [0.5, 0.6) is 11.5 Å². The van der Waals surface area contributed by atoms with E-state index in [1.807, 2.05) is 0 Å². The first-order valence-electron chi connectivity index (χ1n) is 5.21. The summed E-state index contributed by atoms with van der Waals surface area (Å²) in [5.41, 5.74) is 0.668. The standard InChI is InChI=1S/C12H10ClNO3S2/c1-16-8-3-6(7(13)5-9(8)17-2)4-10-11(15)14-12(18)19-10/h3-5H,1-2H3,(H,14,15,18)/b10-4-. The van der Waals surface area contributed by atoms with Gasteiger partial charge >= 0.3 is 0 Å². The van der Waals surface area contributed by atoms with E-state index in [4.69, 9.17) is 33.3 Å². The second-order valence-corrected chi connectivity index (χ2v) is 5.71. The maximum absolute atomic E-state index is 11.6. The van der Waals surface area contributed by atoms with Gasteiger partial charge in [0.15, 0.2) is 11.5 Å². The highest BCUT2D eigenvalue weighted by atomic mass is 35.5. The summed E-state index contributed by atoms with van der Waals surface area (Å²) in [6, 6.07) is 3.35. The number of benzene rings is 1. The number of thiocarbonyl (C=S) groups is 1. The van der Waals surface area contributed by atoms with Crippen molar-refractivity contribution in [3.05, 3.63) is 27.6 Å². The number of hydrogen-bond donors (Lipinski definition) is 1. The minimum atomic E-state index is -0.221. The molecule has 7 heteroatoms. The molecule has 1 N–H and O–H groups in total. The summed E-state index contributed by atoms with van der Waals surface area (Å²) < 4.78 is 10.8. The number of nitrogens with one attached hydrogen (secondary N) is 1. The molecule has 0 aromatic heterocycles. The fourth-order valence-electron chi connectivity index (χ4n) is 1.54. The molecular formula is C12H10ClNO3S2.